The molecule has 1 unspecified atom stereocenters. The van der Waals surface area contributed by atoms with E-state index in [0.29, 0.717) is 45.7 Å². The van der Waals surface area contributed by atoms with Gasteiger partial charge in [-0.2, -0.15) is 0 Å². The number of anilines is 1. The average Bonchev–Trinajstić information content (AvgIpc) is 2.68. The molecule has 1 aliphatic heterocycles. The van der Waals surface area contributed by atoms with E-state index in [0.717, 1.165) is 5.56 Å². The van der Waals surface area contributed by atoms with Crippen molar-refractivity contribution in [3.63, 3.8) is 0 Å². The lowest BCUT2D eigenvalue weighted by atomic mass is 9.98. The predicted molar refractivity (Wildman–Crippen MR) is 118 cm³/mol. The molecule has 1 amide bonds. The first kappa shape index (κ1) is 22.4. The molecule has 1 N–H and O–H groups in total. The molecule has 0 radical (unpaired) electrons. The van der Waals surface area contributed by atoms with Crippen LogP contribution in [0, 0.1) is 12.8 Å². The summed E-state index contributed by atoms with van der Waals surface area (Å²) in [6, 6.07) is 10.1. The van der Waals surface area contributed by atoms with Crippen LogP contribution in [-0.2, 0) is 20.6 Å². The van der Waals surface area contributed by atoms with Crippen molar-refractivity contribution in [1.29, 1.82) is 0 Å². The highest BCUT2D eigenvalue weighted by molar-refractivity contribution is 7.88. The van der Waals surface area contributed by atoms with Crippen LogP contribution < -0.4 is 5.32 Å². The van der Waals surface area contributed by atoms with Crippen molar-refractivity contribution in [1.82, 2.24) is 4.31 Å². The fourth-order valence-corrected chi connectivity index (χ4v) is 5.41. The third-order valence-corrected chi connectivity index (χ3v) is 7.97. The molecule has 1 aliphatic rings. The van der Waals surface area contributed by atoms with Crippen molar-refractivity contribution in [2.45, 2.75) is 25.5 Å². The average molecular weight is 476 g/mol. The van der Waals surface area contributed by atoms with Crippen LogP contribution >= 0.6 is 34.8 Å². The molecule has 2 aromatic carbocycles. The maximum atomic E-state index is 12.9. The summed E-state index contributed by atoms with van der Waals surface area (Å²) in [6.45, 7) is 2.37. The second kappa shape index (κ2) is 9.23. The van der Waals surface area contributed by atoms with Crippen LogP contribution in [0.3, 0.4) is 0 Å². The summed E-state index contributed by atoms with van der Waals surface area (Å²) >= 11 is 18.0. The first-order valence-corrected chi connectivity index (χ1v) is 11.9. The largest absolute Gasteiger partial charge is 0.326 e. The summed E-state index contributed by atoms with van der Waals surface area (Å²) in [6.07, 6.45) is 1.25. The van der Waals surface area contributed by atoms with Crippen molar-refractivity contribution in [3.05, 3.63) is 62.6 Å². The fourth-order valence-electron chi connectivity index (χ4n) is 3.32. The van der Waals surface area contributed by atoms with Gasteiger partial charge in [-0.05, 0) is 55.2 Å². The number of nitrogens with one attached hydrogen (secondary N) is 1. The van der Waals surface area contributed by atoms with Crippen LogP contribution in [0.4, 0.5) is 5.69 Å². The van der Waals surface area contributed by atoms with Crippen molar-refractivity contribution in [2.75, 3.05) is 18.4 Å². The summed E-state index contributed by atoms with van der Waals surface area (Å²) in [5.74, 6) is -0.818. The minimum absolute atomic E-state index is 0.148. The Morgan fingerprint density at radius 3 is 2.62 bits per heavy atom. The zero-order valence-corrected chi connectivity index (χ0v) is 18.9. The Balaban J connectivity index is 1.69. The molecule has 1 atom stereocenters. The van der Waals surface area contributed by atoms with Gasteiger partial charge < -0.3 is 5.32 Å². The Morgan fingerprint density at radius 2 is 1.90 bits per heavy atom. The number of hydrogen-bond donors (Lipinski definition) is 1. The Hall–Kier alpha value is -1.31. The highest BCUT2D eigenvalue weighted by Crippen LogP contribution is 2.28. The van der Waals surface area contributed by atoms with Gasteiger partial charge in [0.1, 0.15) is 0 Å². The molecular formula is C20H21Cl3N2O3S. The Kier molecular flexibility index (Phi) is 7.12. The molecule has 3 rings (SSSR count). The van der Waals surface area contributed by atoms with E-state index in [1.165, 1.54) is 4.31 Å². The van der Waals surface area contributed by atoms with Crippen LogP contribution in [0.5, 0.6) is 0 Å². The van der Waals surface area contributed by atoms with E-state index in [1.807, 2.05) is 6.92 Å². The van der Waals surface area contributed by atoms with Gasteiger partial charge in [-0.3, -0.25) is 4.79 Å². The van der Waals surface area contributed by atoms with Gasteiger partial charge in [0.05, 0.1) is 21.7 Å². The van der Waals surface area contributed by atoms with E-state index in [-0.39, 0.29) is 18.2 Å². The molecule has 0 spiro atoms. The number of sulfonamides is 1. The smallest absolute Gasteiger partial charge is 0.228 e. The van der Waals surface area contributed by atoms with Gasteiger partial charge in [-0.15, -0.1) is 0 Å². The van der Waals surface area contributed by atoms with Crippen molar-refractivity contribution >= 4 is 56.4 Å². The molecule has 156 valence electrons. The second-order valence-corrected chi connectivity index (χ2v) is 10.3. The molecule has 1 saturated heterocycles. The number of nitrogens with zero attached hydrogens (tertiary/aromatic N) is 1. The van der Waals surface area contributed by atoms with Gasteiger partial charge in [0.2, 0.25) is 15.9 Å². The number of carbonyl (C=O) groups excluding carboxylic acids is 1. The lowest BCUT2D eigenvalue weighted by molar-refractivity contribution is -0.120. The standard InChI is InChI=1S/C20H21Cl3N2O3S/c1-13-16(21)5-2-6-19(13)24-20(26)15-4-3-9-25(11-15)29(27,28)12-14-7-8-17(22)18(23)10-14/h2,5-8,10,15H,3-4,9,11-12H2,1H3,(H,24,26). The van der Waals surface area contributed by atoms with E-state index >= 15 is 0 Å². The van der Waals surface area contributed by atoms with E-state index in [1.54, 1.807) is 36.4 Å². The lowest BCUT2D eigenvalue weighted by Crippen LogP contribution is -2.44. The second-order valence-electron chi connectivity index (χ2n) is 7.10. The Labute approximate surface area is 186 Å². The minimum Gasteiger partial charge on any atom is -0.326 e. The molecule has 29 heavy (non-hydrogen) atoms. The predicted octanol–water partition coefficient (Wildman–Crippen LogP) is 5.14. The summed E-state index contributed by atoms with van der Waals surface area (Å²) in [4.78, 5) is 12.7. The fraction of sp³-hybridized carbons (Fsp3) is 0.350. The molecule has 9 heteroatoms. The third kappa shape index (κ3) is 5.44. The Morgan fingerprint density at radius 1 is 1.14 bits per heavy atom. The molecule has 5 nitrogen and oxygen atoms in total. The van der Waals surface area contributed by atoms with E-state index in [4.69, 9.17) is 34.8 Å². The SMILES string of the molecule is Cc1c(Cl)cccc1NC(=O)C1CCCN(S(=O)(=O)Cc2ccc(Cl)c(Cl)c2)C1. The molecule has 0 aromatic heterocycles. The number of hydrogen-bond acceptors (Lipinski definition) is 3. The monoisotopic (exact) mass is 474 g/mol. The van der Waals surface area contributed by atoms with E-state index < -0.39 is 15.9 Å². The molecular weight excluding hydrogens is 455 g/mol. The molecule has 0 saturated carbocycles. The van der Waals surface area contributed by atoms with Gasteiger partial charge in [0.25, 0.3) is 0 Å². The number of rotatable bonds is 5. The zero-order valence-electron chi connectivity index (χ0n) is 15.8. The van der Waals surface area contributed by atoms with Crippen molar-refractivity contribution in [3.8, 4) is 0 Å². The molecule has 2 aromatic rings. The van der Waals surface area contributed by atoms with E-state index in [2.05, 4.69) is 5.32 Å². The molecule has 1 heterocycles. The van der Waals surface area contributed by atoms with Gasteiger partial charge in [0, 0.05) is 23.8 Å². The quantitative estimate of drug-likeness (QED) is 0.651. The highest BCUT2D eigenvalue weighted by atomic mass is 35.5. The summed E-state index contributed by atoms with van der Waals surface area (Å²) in [5.41, 5.74) is 1.97. The number of benzene rings is 2. The van der Waals surface area contributed by atoms with Crippen LogP contribution in [0.2, 0.25) is 15.1 Å². The number of piperidine rings is 1. The van der Waals surface area contributed by atoms with E-state index in [9.17, 15) is 13.2 Å². The first-order chi connectivity index (χ1) is 13.7. The van der Waals surface area contributed by atoms with Crippen LogP contribution in [-0.4, -0.2) is 31.7 Å². The first-order valence-electron chi connectivity index (χ1n) is 9.15. The van der Waals surface area contributed by atoms with Gasteiger partial charge in [0.15, 0.2) is 0 Å². The van der Waals surface area contributed by atoms with Crippen LogP contribution in [0.15, 0.2) is 36.4 Å². The van der Waals surface area contributed by atoms with Crippen molar-refractivity contribution in [2.24, 2.45) is 5.92 Å². The molecule has 0 bridgehead atoms. The maximum absolute atomic E-state index is 12.9. The topological polar surface area (TPSA) is 66.5 Å². The van der Waals surface area contributed by atoms with Crippen LogP contribution in [0.25, 0.3) is 0 Å². The Bertz CT molecular complexity index is 1030. The molecule has 0 aliphatic carbocycles. The lowest BCUT2D eigenvalue weighted by Gasteiger charge is -2.31. The van der Waals surface area contributed by atoms with Gasteiger partial charge >= 0.3 is 0 Å². The third-order valence-electron chi connectivity index (χ3n) is 5.01. The zero-order chi connectivity index (χ0) is 21.2. The minimum atomic E-state index is -3.59. The normalized spacial score (nSPS) is 17.9. The van der Waals surface area contributed by atoms with Gasteiger partial charge in [-0.1, -0.05) is 46.9 Å². The van der Waals surface area contributed by atoms with Crippen molar-refractivity contribution < 1.29 is 13.2 Å². The number of halogens is 3. The number of carbonyl (C=O) groups is 1. The maximum Gasteiger partial charge on any atom is 0.228 e. The summed E-state index contributed by atoms with van der Waals surface area (Å²) < 4.78 is 27.1. The molecule has 1 fully saturated rings. The van der Waals surface area contributed by atoms with Crippen LogP contribution in [0.1, 0.15) is 24.0 Å². The number of amides is 1. The van der Waals surface area contributed by atoms with Gasteiger partial charge in [-0.25, -0.2) is 12.7 Å². The summed E-state index contributed by atoms with van der Waals surface area (Å²) in [7, 11) is -3.59. The summed E-state index contributed by atoms with van der Waals surface area (Å²) in [5, 5.41) is 4.13. The highest BCUT2D eigenvalue weighted by Gasteiger charge is 2.32.